The average molecular weight is 226 g/mol. The van der Waals surface area contributed by atoms with Crippen LogP contribution in [0.3, 0.4) is 0 Å². The minimum atomic E-state index is -0.488. The van der Waals surface area contributed by atoms with Crippen LogP contribution in [0.25, 0.3) is 0 Å². The normalized spacial score (nSPS) is 23.8. The van der Waals surface area contributed by atoms with Crippen LogP contribution < -0.4 is 0 Å². The molecule has 0 aliphatic heterocycles. The summed E-state index contributed by atoms with van der Waals surface area (Å²) in [5.41, 5.74) is 0. The Kier molecular flexibility index (Phi) is 6.12. The van der Waals surface area contributed by atoms with Crippen molar-refractivity contribution in [3.05, 3.63) is 0 Å². The minimum Gasteiger partial charge on any atom is -0.465 e. The highest BCUT2D eigenvalue weighted by atomic mass is 16.5. The first-order valence-electron chi connectivity index (χ1n) is 6.45. The quantitative estimate of drug-likeness (QED) is 0.537. The van der Waals surface area contributed by atoms with Crippen molar-refractivity contribution in [2.24, 2.45) is 5.92 Å². The van der Waals surface area contributed by atoms with E-state index in [1.165, 1.54) is 12.8 Å². The van der Waals surface area contributed by atoms with Gasteiger partial charge in [0.15, 0.2) is 0 Å². The molecule has 0 unspecified atom stereocenters. The van der Waals surface area contributed by atoms with Gasteiger partial charge in [-0.2, -0.15) is 0 Å². The SMILES string of the molecule is CCOC(=O)[C@@H]1CCCCCCCCC1=O. The Morgan fingerprint density at radius 3 is 2.50 bits per heavy atom. The summed E-state index contributed by atoms with van der Waals surface area (Å²) >= 11 is 0. The summed E-state index contributed by atoms with van der Waals surface area (Å²) in [5.74, 6) is -0.716. The van der Waals surface area contributed by atoms with Crippen molar-refractivity contribution in [1.29, 1.82) is 0 Å². The maximum Gasteiger partial charge on any atom is 0.316 e. The lowest BCUT2D eigenvalue weighted by Crippen LogP contribution is -2.26. The second-order valence-corrected chi connectivity index (χ2v) is 4.43. The molecule has 1 aliphatic carbocycles. The van der Waals surface area contributed by atoms with Gasteiger partial charge in [-0.3, -0.25) is 9.59 Å². The van der Waals surface area contributed by atoms with Gasteiger partial charge in [-0.15, -0.1) is 0 Å². The molecule has 0 aromatic heterocycles. The molecule has 0 aromatic carbocycles. The van der Waals surface area contributed by atoms with E-state index in [9.17, 15) is 9.59 Å². The number of hydrogen-bond donors (Lipinski definition) is 0. The number of esters is 1. The molecule has 1 atom stereocenters. The lowest BCUT2D eigenvalue weighted by atomic mass is 9.91. The molecule has 1 rings (SSSR count). The zero-order chi connectivity index (χ0) is 11.8. The third-order valence-corrected chi connectivity index (χ3v) is 3.13. The van der Waals surface area contributed by atoms with Gasteiger partial charge in [-0.05, 0) is 19.8 Å². The van der Waals surface area contributed by atoms with Gasteiger partial charge in [-0.1, -0.05) is 32.1 Å². The topological polar surface area (TPSA) is 43.4 Å². The van der Waals surface area contributed by atoms with Gasteiger partial charge < -0.3 is 4.74 Å². The first-order valence-corrected chi connectivity index (χ1v) is 6.45. The van der Waals surface area contributed by atoms with E-state index in [1.54, 1.807) is 6.92 Å². The highest BCUT2D eigenvalue weighted by molar-refractivity contribution is 5.98. The minimum absolute atomic E-state index is 0.0837. The summed E-state index contributed by atoms with van der Waals surface area (Å²) < 4.78 is 4.96. The summed E-state index contributed by atoms with van der Waals surface area (Å²) in [5, 5.41) is 0. The van der Waals surface area contributed by atoms with Crippen molar-refractivity contribution in [1.82, 2.24) is 0 Å². The van der Waals surface area contributed by atoms with Crippen LogP contribution in [0.4, 0.5) is 0 Å². The van der Waals surface area contributed by atoms with Gasteiger partial charge >= 0.3 is 5.97 Å². The highest BCUT2D eigenvalue weighted by Gasteiger charge is 2.26. The Bertz CT molecular complexity index is 235. The van der Waals surface area contributed by atoms with E-state index in [0.29, 0.717) is 19.4 Å². The van der Waals surface area contributed by atoms with Gasteiger partial charge in [-0.25, -0.2) is 0 Å². The standard InChI is InChI=1S/C13H22O3/c1-2-16-13(15)11-9-7-5-3-4-6-8-10-12(11)14/h11H,2-10H2,1H3/t11-/m1/s1. The summed E-state index contributed by atoms with van der Waals surface area (Å²) in [6.07, 6.45) is 7.80. The molecule has 1 fully saturated rings. The molecule has 0 bridgehead atoms. The van der Waals surface area contributed by atoms with E-state index < -0.39 is 5.92 Å². The fourth-order valence-electron chi connectivity index (χ4n) is 2.18. The molecule has 3 heteroatoms. The third kappa shape index (κ3) is 4.33. The molecule has 0 N–H and O–H groups in total. The zero-order valence-corrected chi connectivity index (χ0v) is 10.2. The number of carbonyl (C=O) groups is 2. The van der Waals surface area contributed by atoms with Crippen molar-refractivity contribution in [2.75, 3.05) is 6.61 Å². The number of rotatable bonds is 2. The lowest BCUT2D eigenvalue weighted by Gasteiger charge is -2.15. The Labute approximate surface area is 97.5 Å². The maximum absolute atomic E-state index is 11.8. The molecule has 0 heterocycles. The summed E-state index contributed by atoms with van der Waals surface area (Å²) in [6.45, 7) is 2.14. The maximum atomic E-state index is 11.8. The molecule has 92 valence electrons. The Balaban J connectivity index is 2.53. The zero-order valence-electron chi connectivity index (χ0n) is 10.2. The third-order valence-electron chi connectivity index (χ3n) is 3.13. The van der Waals surface area contributed by atoms with E-state index >= 15 is 0 Å². The number of ether oxygens (including phenoxy) is 1. The summed E-state index contributed by atoms with van der Waals surface area (Å²) in [6, 6.07) is 0. The van der Waals surface area contributed by atoms with E-state index in [1.807, 2.05) is 0 Å². The number of carbonyl (C=O) groups excluding carboxylic acids is 2. The van der Waals surface area contributed by atoms with E-state index in [-0.39, 0.29) is 11.8 Å². The highest BCUT2D eigenvalue weighted by Crippen LogP contribution is 2.20. The van der Waals surface area contributed by atoms with Gasteiger partial charge in [0.2, 0.25) is 0 Å². The first kappa shape index (κ1) is 13.2. The molecule has 0 spiro atoms. The Hall–Kier alpha value is -0.860. The van der Waals surface area contributed by atoms with Crippen LogP contribution in [0.5, 0.6) is 0 Å². The first-order chi connectivity index (χ1) is 7.75. The molecule has 16 heavy (non-hydrogen) atoms. The van der Waals surface area contributed by atoms with Crippen LogP contribution in [0.2, 0.25) is 0 Å². The monoisotopic (exact) mass is 226 g/mol. The Morgan fingerprint density at radius 2 is 1.81 bits per heavy atom. The van der Waals surface area contributed by atoms with Crippen LogP contribution in [0, 0.1) is 5.92 Å². The van der Waals surface area contributed by atoms with Crippen LogP contribution >= 0.6 is 0 Å². The smallest absolute Gasteiger partial charge is 0.316 e. The predicted octanol–water partition coefficient (Wildman–Crippen LogP) is 2.87. The predicted molar refractivity (Wildman–Crippen MR) is 62.1 cm³/mol. The largest absolute Gasteiger partial charge is 0.465 e. The van der Waals surface area contributed by atoms with Gasteiger partial charge in [0.25, 0.3) is 0 Å². The molecule has 0 radical (unpaired) electrons. The molecule has 1 saturated carbocycles. The summed E-state index contributed by atoms with van der Waals surface area (Å²) in [7, 11) is 0. The fourth-order valence-corrected chi connectivity index (χ4v) is 2.18. The number of hydrogen-bond acceptors (Lipinski definition) is 3. The number of Topliss-reactive ketones (excluding diaryl/α,β-unsaturated/α-hetero) is 1. The summed E-state index contributed by atoms with van der Waals surface area (Å²) in [4.78, 5) is 23.5. The van der Waals surface area contributed by atoms with E-state index in [0.717, 1.165) is 25.7 Å². The van der Waals surface area contributed by atoms with Gasteiger partial charge in [0.1, 0.15) is 11.7 Å². The van der Waals surface area contributed by atoms with E-state index in [2.05, 4.69) is 0 Å². The lowest BCUT2D eigenvalue weighted by molar-refractivity contribution is -0.152. The van der Waals surface area contributed by atoms with Crippen LogP contribution in [-0.2, 0) is 14.3 Å². The van der Waals surface area contributed by atoms with Crippen LogP contribution in [0.15, 0.2) is 0 Å². The molecular formula is C13H22O3. The second kappa shape index (κ2) is 7.42. The second-order valence-electron chi connectivity index (χ2n) is 4.43. The molecule has 1 aliphatic rings. The van der Waals surface area contributed by atoms with Crippen molar-refractivity contribution >= 4 is 11.8 Å². The van der Waals surface area contributed by atoms with Crippen molar-refractivity contribution in [3.8, 4) is 0 Å². The van der Waals surface area contributed by atoms with Crippen LogP contribution in [0.1, 0.15) is 58.3 Å². The number of ketones is 1. The molecular weight excluding hydrogens is 204 g/mol. The average Bonchev–Trinajstić information content (AvgIpc) is 2.27. The molecule has 0 amide bonds. The van der Waals surface area contributed by atoms with Crippen LogP contribution in [-0.4, -0.2) is 18.4 Å². The van der Waals surface area contributed by atoms with Gasteiger partial charge in [0.05, 0.1) is 6.61 Å². The van der Waals surface area contributed by atoms with E-state index in [4.69, 9.17) is 4.74 Å². The van der Waals surface area contributed by atoms with Crippen molar-refractivity contribution in [2.45, 2.75) is 58.3 Å². The molecule has 0 aromatic rings. The van der Waals surface area contributed by atoms with Crippen molar-refractivity contribution < 1.29 is 14.3 Å². The molecule has 0 saturated heterocycles. The van der Waals surface area contributed by atoms with Crippen molar-refractivity contribution in [3.63, 3.8) is 0 Å². The van der Waals surface area contributed by atoms with Gasteiger partial charge in [0, 0.05) is 6.42 Å². The fraction of sp³-hybridized carbons (Fsp3) is 0.846. The molecule has 3 nitrogen and oxygen atoms in total. The Morgan fingerprint density at radius 1 is 1.19 bits per heavy atom.